The molecule has 0 aliphatic heterocycles. The molecule has 2 heterocycles. The molecule has 7 heteroatoms. The van der Waals surface area contributed by atoms with E-state index in [4.69, 9.17) is 16.3 Å². The summed E-state index contributed by atoms with van der Waals surface area (Å²) >= 11 is 6.39. The summed E-state index contributed by atoms with van der Waals surface area (Å²) in [6.45, 7) is 1.97. The first-order valence-corrected chi connectivity index (χ1v) is 9.03. The minimum absolute atomic E-state index is 0.241. The van der Waals surface area contributed by atoms with Crippen molar-refractivity contribution in [3.05, 3.63) is 77.2 Å². The average molecular weight is 396 g/mol. The van der Waals surface area contributed by atoms with Gasteiger partial charge in [0.15, 0.2) is 5.65 Å². The van der Waals surface area contributed by atoms with E-state index in [-0.39, 0.29) is 18.0 Å². The molecule has 5 nitrogen and oxygen atoms in total. The predicted octanol–water partition coefficient (Wildman–Crippen LogP) is 5.03. The zero-order valence-electron chi connectivity index (χ0n) is 14.9. The van der Waals surface area contributed by atoms with Gasteiger partial charge in [0, 0.05) is 16.1 Å². The SMILES string of the molecule is CCOC(=O)c1cnn2c(-c3ccccc3Cl)cc(-c3ccc(F)cc3)nc12. The van der Waals surface area contributed by atoms with Crippen molar-refractivity contribution in [2.75, 3.05) is 6.61 Å². The number of ether oxygens (including phenoxy) is 1. The third kappa shape index (κ3) is 3.23. The number of esters is 1. The van der Waals surface area contributed by atoms with Gasteiger partial charge in [0.2, 0.25) is 0 Å². The number of fused-ring (bicyclic) bond motifs is 1. The lowest BCUT2D eigenvalue weighted by Crippen LogP contribution is -2.06. The molecule has 0 N–H and O–H groups in total. The Morgan fingerprint density at radius 2 is 1.93 bits per heavy atom. The molecule has 2 aromatic heterocycles. The van der Waals surface area contributed by atoms with Gasteiger partial charge >= 0.3 is 5.97 Å². The van der Waals surface area contributed by atoms with Crippen LogP contribution in [0.3, 0.4) is 0 Å². The van der Waals surface area contributed by atoms with Gasteiger partial charge < -0.3 is 4.74 Å². The van der Waals surface area contributed by atoms with Gasteiger partial charge in [-0.3, -0.25) is 0 Å². The fourth-order valence-electron chi connectivity index (χ4n) is 2.95. The predicted molar refractivity (Wildman–Crippen MR) is 105 cm³/mol. The van der Waals surface area contributed by atoms with Gasteiger partial charge in [0.25, 0.3) is 0 Å². The Kier molecular flexibility index (Phi) is 4.79. The van der Waals surface area contributed by atoms with Crippen molar-refractivity contribution >= 4 is 23.2 Å². The molecule has 0 saturated carbocycles. The second kappa shape index (κ2) is 7.40. The lowest BCUT2D eigenvalue weighted by atomic mass is 10.1. The Morgan fingerprint density at radius 3 is 2.64 bits per heavy atom. The molecule has 4 rings (SSSR count). The van der Waals surface area contributed by atoms with Gasteiger partial charge in [-0.05, 0) is 43.3 Å². The Labute approximate surface area is 165 Å². The van der Waals surface area contributed by atoms with E-state index in [1.54, 1.807) is 29.6 Å². The standard InChI is InChI=1S/C21H15ClFN3O2/c1-2-28-21(27)16-12-24-26-19(15-5-3-4-6-17(15)22)11-18(25-20(16)26)13-7-9-14(23)10-8-13/h3-12H,2H2,1H3. The summed E-state index contributed by atoms with van der Waals surface area (Å²) in [6.07, 6.45) is 1.43. The van der Waals surface area contributed by atoms with Gasteiger partial charge in [0.1, 0.15) is 11.4 Å². The molecular weight excluding hydrogens is 381 g/mol. The van der Waals surface area contributed by atoms with Crippen LogP contribution in [0.5, 0.6) is 0 Å². The summed E-state index contributed by atoms with van der Waals surface area (Å²) < 4.78 is 20.0. The highest BCUT2D eigenvalue weighted by molar-refractivity contribution is 6.33. The Morgan fingerprint density at radius 1 is 1.18 bits per heavy atom. The number of rotatable bonds is 4. The highest BCUT2D eigenvalue weighted by atomic mass is 35.5. The van der Waals surface area contributed by atoms with E-state index < -0.39 is 5.97 Å². The number of carbonyl (C=O) groups is 1. The van der Waals surface area contributed by atoms with Crippen molar-refractivity contribution in [2.24, 2.45) is 0 Å². The van der Waals surface area contributed by atoms with E-state index in [9.17, 15) is 9.18 Å². The minimum Gasteiger partial charge on any atom is -0.462 e. The molecule has 0 spiro atoms. The van der Waals surface area contributed by atoms with Gasteiger partial charge in [0.05, 0.1) is 24.2 Å². The Hall–Kier alpha value is -3.25. The van der Waals surface area contributed by atoms with E-state index in [1.807, 2.05) is 24.3 Å². The van der Waals surface area contributed by atoms with Crippen molar-refractivity contribution in [2.45, 2.75) is 6.92 Å². The summed E-state index contributed by atoms with van der Waals surface area (Å²) in [4.78, 5) is 16.9. The first-order valence-electron chi connectivity index (χ1n) is 8.65. The average Bonchev–Trinajstić information content (AvgIpc) is 3.13. The number of nitrogens with zero attached hydrogens (tertiary/aromatic N) is 3. The summed E-state index contributed by atoms with van der Waals surface area (Å²) in [5.41, 5.74) is 3.25. The van der Waals surface area contributed by atoms with E-state index in [2.05, 4.69) is 10.1 Å². The monoisotopic (exact) mass is 395 g/mol. The minimum atomic E-state index is -0.508. The van der Waals surface area contributed by atoms with Gasteiger partial charge in [-0.2, -0.15) is 5.10 Å². The zero-order valence-corrected chi connectivity index (χ0v) is 15.7. The molecule has 0 fully saturated rings. The zero-order chi connectivity index (χ0) is 19.7. The van der Waals surface area contributed by atoms with Crippen LogP contribution in [-0.4, -0.2) is 27.2 Å². The van der Waals surface area contributed by atoms with Gasteiger partial charge in [-0.15, -0.1) is 0 Å². The quantitative estimate of drug-likeness (QED) is 0.454. The summed E-state index contributed by atoms with van der Waals surface area (Å²) in [6, 6.07) is 15.1. The van der Waals surface area contributed by atoms with Crippen molar-refractivity contribution in [1.82, 2.24) is 14.6 Å². The van der Waals surface area contributed by atoms with Crippen LogP contribution in [0.15, 0.2) is 60.8 Å². The summed E-state index contributed by atoms with van der Waals surface area (Å²) in [5, 5.41) is 4.86. The van der Waals surface area contributed by atoms with Crippen LogP contribution in [-0.2, 0) is 4.74 Å². The maximum atomic E-state index is 13.3. The van der Waals surface area contributed by atoms with E-state index in [0.29, 0.717) is 27.6 Å². The molecule has 0 amide bonds. The van der Waals surface area contributed by atoms with E-state index in [0.717, 1.165) is 5.56 Å². The van der Waals surface area contributed by atoms with Crippen LogP contribution < -0.4 is 0 Å². The third-order valence-corrected chi connectivity index (χ3v) is 4.59. The first-order chi connectivity index (χ1) is 13.6. The number of aromatic nitrogens is 3. The number of hydrogen-bond donors (Lipinski definition) is 0. The second-order valence-electron chi connectivity index (χ2n) is 6.03. The molecule has 0 saturated heterocycles. The fourth-order valence-corrected chi connectivity index (χ4v) is 3.18. The van der Waals surface area contributed by atoms with Crippen molar-refractivity contribution in [3.8, 4) is 22.5 Å². The van der Waals surface area contributed by atoms with Crippen LogP contribution in [0, 0.1) is 5.82 Å². The first kappa shape index (κ1) is 18.1. The summed E-state index contributed by atoms with van der Waals surface area (Å²) in [5.74, 6) is -0.848. The van der Waals surface area contributed by atoms with Crippen LogP contribution in [0.25, 0.3) is 28.2 Å². The Bertz CT molecular complexity index is 1170. The summed E-state index contributed by atoms with van der Waals surface area (Å²) in [7, 11) is 0. The lowest BCUT2D eigenvalue weighted by Gasteiger charge is -2.10. The van der Waals surface area contributed by atoms with E-state index >= 15 is 0 Å². The van der Waals surface area contributed by atoms with Crippen LogP contribution in [0.4, 0.5) is 4.39 Å². The highest BCUT2D eigenvalue weighted by Gasteiger charge is 2.20. The number of hydrogen-bond acceptors (Lipinski definition) is 4. The highest BCUT2D eigenvalue weighted by Crippen LogP contribution is 2.31. The normalized spacial score (nSPS) is 11.0. The molecular formula is C21H15ClFN3O2. The van der Waals surface area contributed by atoms with Crippen LogP contribution >= 0.6 is 11.6 Å². The maximum Gasteiger partial charge on any atom is 0.343 e. The van der Waals surface area contributed by atoms with Crippen molar-refractivity contribution < 1.29 is 13.9 Å². The molecule has 140 valence electrons. The fraction of sp³-hybridized carbons (Fsp3) is 0.0952. The van der Waals surface area contributed by atoms with E-state index in [1.165, 1.54) is 18.3 Å². The molecule has 0 aliphatic rings. The van der Waals surface area contributed by atoms with Crippen LogP contribution in [0.2, 0.25) is 5.02 Å². The number of benzene rings is 2. The third-order valence-electron chi connectivity index (χ3n) is 4.26. The second-order valence-corrected chi connectivity index (χ2v) is 6.43. The molecule has 0 atom stereocenters. The smallest absolute Gasteiger partial charge is 0.343 e. The molecule has 0 radical (unpaired) electrons. The number of carbonyl (C=O) groups excluding carboxylic acids is 1. The maximum absolute atomic E-state index is 13.3. The number of halogens is 2. The largest absolute Gasteiger partial charge is 0.462 e. The topological polar surface area (TPSA) is 56.5 Å². The van der Waals surface area contributed by atoms with Gasteiger partial charge in [-0.1, -0.05) is 29.8 Å². The molecule has 28 heavy (non-hydrogen) atoms. The molecule has 2 aromatic carbocycles. The lowest BCUT2D eigenvalue weighted by molar-refractivity contribution is 0.0528. The van der Waals surface area contributed by atoms with Crippen LogP contribution in [0.1, 0.15) is 17.3 Å². The molecule has 4 aromatic rings. The van der Waals surface area contributed by atoms with Gasteiger partial charge in [-0.25, -0.2) is 18.7 Å². The molecule has 0 unspecified atom stereocenters. The molecule has 0 aliphatic carbocycles. The Balaban J connectivity index is 2.00. The van der Waals surface area contributed by atoms with Crippen molar-refractivity contribution in [3.63, 3.8) is 0 Å². The molecule has 0 bridgehead atoms. The van der Waals surface area contributed by atoms with Crippen molar-refractivity contribution in [1.29, 1.82) is 0 Å².